The molecule has 1 atom stereocenters. The molecule has 0 aromatic carbocycles. The minimum absolute atomic E-state index is 0.0943. The Kier molecular flexibility index (Phi) is 4.10. The molecule has 1 aliphatic heterocycles. The van der Waals surface area contributed by atoms with Crippen LogP contribution in [0.5, 0.6) is 0 Å². The molecule has 3 N–H and O–H groups in total. The highest BCUT2D eigenvalue weighted by Gasteiger charge is 2.22. The smallest absolute Gasteiger partial charge is 0.305 e. The van der Waals surface area contributed by atoms with Gasteiger partial charge in [-0.1, -0.05) is 12.1 Å². The Bertz CT molecular complexity index is 469. The van der Waals surface area contributed by atoms with Crippen molar-refractivity contribution in [3.05, 3.63) is 11.9 Å². The molecule has 1 aromatic rings. The maximum absolute atomic E-state index is 11.9. The number of nitrogens with one attached hydrogen (secondary N) is 2. The van der Waals surface area contributed by atoms with Gasteiger partial charge in [0.15, 0.2) is 5.69 Å². The van der Waals surface area contributed by atoms with Crippen LogP contribution in [0.1, 0.15) is 36.3 Å². The summed E-state index contributed by atoms with van der Waals surface area (Å²) in [4.78, 5) is 22.5. The van der Waals surface area contributed by atoms with Gasteiger partial charge in [0.25, 0.3) is 5.91 Å². The zero-order chi connectivity index (χ0) is 13.8. The van der Waals surface area contributed by atoms with Gasteiger partial charge in [-0.2, -0.15) is 0 Å². The van der Waals surface area contributed by atoms with E-state index in [9.17, 15) is 9.59 Å². The molecule has 0 bridgehead atoms. The third-order valence-corrected chi connectivity index (χ3v) is 3.13. The second kappa shape index (κ2) is 5.79. The number of hydrogen-bond donors (Lipinski definition) is 3. The lowest BCUT2D eigenvalue weighted by atomic mass is 10.1. The Morgan fingerprint density at radius 1 is 1.63 bits per heavy atom. The summed E-state index contributed by atoms with van der Waals surface area (Å²) in [7, 11) is 0. The Balaban J connectivity index is 1.94. The predicted molar refractivity (Wildman–Crippen MR) is 65.7 cm³/mol. The fourth-order valence-electron chi connectivity index (χ4n) is 1.79. The number of carbonyl (C=O) groups excluding carboxylic acids is 1. The van der Waals surface area contributed by atoms with Crippen molar-refractivity contribution in [2.75, 3.05) is 13.1 Å². The first-order chi connectivity index (χ1) is 9.10. The number of hydrogen-bond acceptors (Lipinski definition) is 5. The highest BCUT2D eigenvalue weighted by Crippen LogP contribution is 2.10. The van der Waals surface area contributed by atoms with Crippen molar-refractivity contribution >= 4 is 11.9 Å². The first-order valence-electron chi connectivity index (χ1n) is 6.25. The number of carboxylic acids is 1. The van der Waals surface area contributed by atoms with E-state index >= 15 is 0 Å². The summed E-state index contributed by atoms with van der Waals surface area (Å²) in [5, 5.41) is 22.2. The zero-order valence-corrected chi connectivity index (χ0v) is 10.7. The topological polar surface area (TPSA) is 109 Å². The maximum Gasteiger partial charge on any atom is 0.305 e. The van der Waals surface area contributed by atoms with Crippen molar-refractivity contribution in [2.45, 2.75) is 31.8 Å². The lowest BCUT2D eigenvalue weighted by molar-refractivity contribution is -0.137. The molecule has 0 radical (unpaired) electrons. The van der Waals surface area contributed by atoms with Gasteiger partial charge in [-0.3, -0.25) is 9.59 Å². The molecule has 1 fully saturated rings. The van der Waals surface area contributed by atoms with E-state index in [-0.39, 0.29) is 30.1 Å². The van der Waals surface area contributed by atoms with Gasteiger partial charge in [0.1, 0.15) is 0 Å². The first-order valence-corrected chi connectivity index (χ1v) is 6.25. The standard InChI is InChI=1S/C11H17N5O3/c1-2-7(3-10(17)18)13-11(19)9-6-16(15-14-9)8-4-12-5-8/h6-8,12H,2-5H2,1H3,(H,13,19)(H,17,18). The molecule has 0 spiro atoms. The molecule has 1 aliphatic rings. The third kappa shape index (κ3) is 3.28. The van der Waals surface area contributed by atoms with Crippen LogP contribution in [-0.2, 0) is 4.79 Å². The van der Waals surface area contributed by atoms with Gasteiger partial charge in [0.05, 0.1) is 18.7 Å². The predicted octanol–water partition coefficient (Wildman–Crippen LogP) is -0.594. The van der Waals surface area contributed by atoms with Crippen LogP contribution in [0.4, 0.5) is 0 Å². The molecule has 104 valence electrons. The molecule has 2 heterocycles. The van der Waals surface area contributed by atoms with Gasteiger partial charge in [-0.15, -0.1) is 5.10 Å². The lowest BCUT2D eigenvalue weighted by Crippen LogP contribution is -2.43. The van der Waals surface area contributed by atoms with Crippen molar-refractivity contribution in [2.24, 2.45) is 0 Å². The largest absolute Gasteiger partial charge is 0.481 e. The number of nitrogens with zero attached hydrogens (tertiary/aromatic N) is 3. The summed E-state index contributed by atoms with van der Waals surface area (Å²) in [6.45, 7) is 3.47. The van der Waals surface area contributed by atoms with E-state index in [2.05, 4.69) is 20.9 Å². The Hall–Kier alpha value is -1.96. The summed E-state index contributed by atoms with van der Waals surface area (Å²) >= 11 is 0. The van der Waals surface area contributed by atoms with Gasteiger partial charge in [-0.25, -0.2) is 4.68 Å². The van der Waals surface area contributed by atoms with E-state index in [0.717, 1.165) is 13.1 Å². The number of aromatic nitrogens is 3. The monoisotopic (exact) mass is 267 g/mol. The molecule has 1 saturated heterocycles. The van der Waals surface area contributed by atoms with E-state index in [0.29, 0.717) is 6.42 Å². The minimum atomic E-state index is -0.934. The molecule has 0 saturated carbocycles. The Morgan fingerprint density at radius 2 is 2.37 bits per heavy atom. The molecule has 1 amide bonds. The fraction of sp³-hybridized carbons (Fsp3) is 0.636. The van der Waals surface area contributed by atoms with Crippen molar-refractivity contribution in [1.82, 2.24) is 25.6 Å². The zero-order valence-electron chi connectivity index (χ0n) is 10.7. The van der Waals surface area contributed by atoms with E-state index < -0.39 is 5.97 Å². The highest BCUT2D eigenvalue weighted by molar-refractivity contribution is 5.92. The summed E-state index contributed by atoms with van der Waals surface area (Å²) in [5.41, 5.74) is 0.218. The Labute approximate surface area is 110 Å². The molecule has 0 aliphatic carbocycles. The van der Waals surface area contributed by atoms with Crippen LogP contribution >= 0.6 is 0 Å². The highest BCUT2D eigenvalue weighted by atomic mass is 16.4. The summed E-state index contributed by atoms with van der Waals surface area (Å²) in [6, 6.07) is -0.143. The van der Waals surface area contributed by atoms with Crippen molar-refractivity contribution in [3.63, 3.8) is 0 Å². The van der Waals surface area contributed by atoms with Crippen LogP contribution in [0.3, 0.4) is 0 Å². The van der Waals surface area contributed by atoms with Crippen molar-refractivity contribution < 1.29 is 14.7 Å². The summed E-state index contributed by atoms with van der Waals surface area (Å²) in [6.07, 6.45) is 2.05. The van der Waals surface area contributed by atoms with Crippen molar-refractivity contribution in [3.8, 4) is 0 Å². The normalized spacial score (nSPS) is 16.7. The van der Waals surface area contributed by atoms with E-state index in [1.807, 2.05) is 6.92 Å². The molecule has 8 heteroatoms. The summed E-state index contributed by atoms with van der Waals surface area (Å²) < 4.78 is 1.66. The second-order valence-electron chi connectivity index (χ2n) is 4.57. The molecule has 19 heavy (non-hydrogen) atoms. The first kappa shape index (κ1) is 13.5. The van der Waals surface area contributed by atoms with E-state index in [1.54, 1.807) is 10.9 Å². The van der Waals surface area contributed by atoms with Crippen LogP contribution in [-0.4, -0.2) is 51.1 Å². The van der Waals surface area contributed by atoms with E-state index in [4.69, 9.17) is 5.11 Å². The number of rotatable bonds is 6. The van der Waals surface area contributed by atoms with Crippen LogP contribution in [0.25, 0.3) is 0 Å². The van der Waals surface area contributed by atoms with Gasteiger partial charge < -0.3 is 15.7 Å². The van der Waals surface area contributed by atoms with E-state index in [1.165, 1.54) is 0 Å². The molecule has 2 rings (SSSR count). The van der Waals surface area contributed by atoms with Crippen LogP contribution in [0.15, 0.2) is 6.20 Å². The third-order valence-electron chi connectivity index (χ3n) is 3.13. The van der Waals surface area contributed by atoms with Gasteiger partial charge in [-0.05, 0) is 6.42 Å². The fourth-order valence-corrected chi connectivity index (χ4v) is 1.79. The van der Waals surface area contributed by atoms with Gasteiger partial charge in [0.2, 0.25) is 0 Å². The molecule has 1 unspecified atom stereocenters. The summed E-state index contributed by atoms with van der Waals surface area (Å²) in [5.74, 6) is -1.32. The lowest BCUT2D eigenvalue weighted by Gasteiger charge is -2.26. The molecular weight excluding hydrogens is 250 g/mol. The quantitative estimate of drug-likeness (QED) is 0.635. The van der Waals surface area contributed by atoms with Gasteiger partial charge in [0, 0.05) is 19.1 Å². The van der Waals surface area contributed by atoms with Crippen LogP contribution in [0.2, 0.25) is 0 Å². The van der Waals surface area contributed by atoms with Gasteiger partial charge >= 0.3 is 5.97 Å². The average molecular weight is 267 g/mol. The second-order valence-corrected chi connectivity index (χ2v) is 4.57. The molecule has 8 nitrogen and oxygen atoms in total. The molecular formula is C11H17N5O3. The van der Waals surface area contributed by atoms with Crippen LogP contribution in [0, 0.1) is 0 Å². The number of carboxylic acid groups (broad SMARTS) is 1. The van der Waals surface area contributed by atoms with Crippen LogP contribution < -0.4 is 10.6 Å². The average Bonchev–Trinajstić information content (AvgIpc) is 2.74. The SMILES string of the molecule is CCC(CC(=O)O)NC(=O)c1cn(C2CNC2)nn1. The molecule has 1 aromatic heterocycles. The maximum atomic E-state index is 11.9. The number of aliphatic carboxylic acids is 1. The van der Waals surface area contributed by atoms with Crippen molar-refractivity contribution in [1.29, 1.82) is 0 Å². The number of amides is 1. The minimum Gasteiger partial charge on any atom is -0.481 e. The number of carbonyl (C=O) groups is 2. The Morgan fingerprint density at radius 3 is 2.89 bits per heavy atom.